The molecular formula is C21H18F3N3O4. The topological polar surface area (TPSA) is 80.2 Å². The van der Waals surface area contributed by atoms with Crippen LogP contribution in [0.2, 0.25) is 0 Å². The first-order valence-corrected chi connectivity index (χ1v) is 9.43. The second-order valence-electron chi connectivity index (χ2n) is 7.26. The Morgan fingerprint density at radius 1 is 1.13 bits per heavy atom. The smallest absolute Gasteiger partial charge is 0.454 e. The minimum absolute atomic E-state index is 0.0111. The molecule has 10 heteroatoms. The number of rotatable bonds is 2. The number of hydrogen-bond donors (Lipinski definition) is 1. The summed E-state index contributed by atoms with van der Waals surface area (Å²) in [5.41, 5.74) is 2.63. The van der Waals surface area contributed by atoms with Crippen molar-refractivity contribution in [1.82, 2.24) is 5.01 Å². The number of alkyl halides is 3. The Morgan fingerprint density at radius 3 is 2.39 bits per heavy atom. The zero-order chi connectivity index (χ0) is 22.3. The van der Waals surface area contributed by atoms with Crippen molar-refractivity contribution in [2.75, 3.05) is 12.1 Å². The van der Waals surface area contributed by atoms with E-state index >= 15 is 0 Å². The lowest BCUT2D eigenvalue weighted by Crippen LogP contribution is -2.33. The summed E-state index contributed by atoms with van der Waals surface area (Å²) >= 11 is 0. The molecule has 162 valence electrons. The molecule has 4 rings (SSSR count). The molecule has 0 aliphatic carbocycles. The SMILES string of the molecule is CC(=O)N1N=C(c2ccc(NC(=O)C(F)(F)F)cc2)c2cc3c(cc2CC1C)OCO3. The van der Waals surface area contributed by atoms with Gasteiger partial charge in [-0.05, 0) is 43.2 Å². The van der Waals surface area contributed by atoms with Crippen LogP contribution in [0.25, 0.3) is 0 Å². The van der Waals surface area contributed by atoms with Crippen LogP contribution in [0.15, 0.2) is 41.5 Å². The molecule has 0 spiro atoms. The monoisotopic (exact) mass is 433 g/mol. The van der Waals surface area contributed by atoms with Gasteiger partial charge in [0.1, 0.15) is 0 Å². The Bertz CT molecular complexity index is 1080. The first-order valence-electron chi connectivity index (χ1n) is 9.43. The normalized spacial score (nSPS) is 17.5. The molecule has 0 fully saturated rings. The van der Waals surface area contributed by atoms with Gasteiger partial charge in [-0.25, -0.2) is 5.01 Å². The minimum atomic E-state index is -4.98. The van der Waals surface area contributed by atoms with E-state index in [4.69, 9.17) is 9.47 Å². The molecular weight excluding hydrogens is 415 g/mol. The number of carbonyl (C=O) groups excluding carboxylic acids is 2. The minimum Gasteiger partial charge on any atom is -0.454 e. The first-order chi connectivity index (χ1) is 14.6. The van der Waals surface area contributed by atoms with Gasteiger partial charge in [0, 0.05) is 23.7 Å². The quantitative estimate of drug-likeness (QED) is 0.787. The highest BCUT2D eigenvalue weighted by Crippen LogP contribution is 2.37. The molecule has 2 aliphatic heterocycles. The molecule has 2 aliphatic rings. The molecule has 0 aromatic heterocycles. The molecule has 2 aromatic rings. The number of benzene rings is 2. The highest BCUT2D eigenvalue weighted by Gasteiger charge is 2.38. The zero-order valence-corrected chi connectivity index (χ0v) is 16.6. The number of hydrazone groups is 1. The number of ether oxygens (including phenoxy) is 2. The van der Waals surface area contributed by atoms with Crippen molar-refractivity contribution in [3.63, 3.8) is 0 Å². The third kappa shape index (κ3) is 4.05. The highest BCUT2D eigenvalue weighted by molar-refractivity contribution is 6.14. The Balaban J connectivity index is 1.75. The standard InChI is InChI=1S/C21H18F3N3O4/c1-11-7-14-8-17-18(31-10-30-17)9-16(14)19(26-27(11)12(2)28)13-3-5-15(6-4-13)25-20(29)21(22,23)24/h3-6,8-9,11H,7,10H2,1-2H3,(H,25,29). The van der Waals surface area contributed by atoms with E-state index in [0.29, 0.717) is 29.2 Å². The van der Waals surface area contributed by atoms with Gasteiger partial charge in [-0.15, -0.1) is 0 Å². The summed E-state index contributed by atoms with van der Waals surface area (Å²) in [7, 11) is 0. The van der Waals surface area contributed by atoms with Crippen LogP contribution in [0.3, 0.4) is 0 Å². The van der Waals surface area contributed by atoms with Crippen molar-refractivity contribution in [3.8, 4) is 11.5 Å². The van der Waals surface area contributed by atoms with Gasteiger partial charge in [0.2, 0.25) is 12.7 Å². The molecule has 0 saturated carbocycles. The molecule has 31 heavy (non-hydrogen) atoms. The van der Waals surface area contributed by atoms with Crippen LogP contribution in [0.5, 0.6) is 11.5 Å². The third-order valence-electron chi connectivity index (χ3n) is 4.99. The lowest BCUT2D eigenvalue weighted by molar-refractivity contribution is -0.167. The lowest BCUT2D eigenvalue weighted by atomic mass is 9.94. The average molecular weight is 433 g/mol. The summed E-state index contributed by atoms with van der Waals surface area (Å²) in [4.78, 5) is 23.3. The second-order valence-corrected chi connectivity index (χ2v) is 7.26. The fourth-order valence-corrected chi connectivity index (χ4v) is 3.55. The van der Waals surface area contributed by atoms with Crippen LogP contribution in [0, 0.1) is 0 Å². The van der Waals surface area contributed by atoms with Crippen LogP contribution in [-0.2, 0) is 16.0 Å². The Morgan fingerprint density at radius 2 is 1.77 bits per heavy atom. The van der Waals surface area contributed by atoms with Gasteiger partial charge < -0.3 is 14.8 Å². The maximum Gasteiger partial charge on any atom is 0.471 e. The van der Waals surface area contributed by atoms with Crippen LogP contribution in [0.4, 0.5) is 18.9 Å². The van der Waals surface area contributed by atoms with E-state index in [-0.39, 0.29) is 24.4 Å². The third-order valence-corrected chi connectivity index (χ3v) is 4.99. The summed E-state index contributed by atoms with van der Waals surface area (Å²) in [5, 5.41) is 7.74. The maximum absolute atomic E-state index is 12.5. The van der Waals surface area contributed by atoms with E-state index in [9.17, 15) is 22.8 Å². The van der Waals surface area contributed by atoms with Crippen molar-refractivity contribution in [2.45, 2.75) is 32.5 Å². The van der Waals surface area contributed by atoms with Gasteiger partial charge in [-0.3, -0.25) is 9.59 Å². The number of amides is 2. The molecule has 0 saturated heterocycles. The molecule has 1 N–H and O–H groups in total. The number of carbonyl (C=O) groups is 2. The van der Waals surface area contributed by atoms with Crippen LogP contribution < -0.4 is 14.8 Å². The fourth-order valence-electron chi connectivity index (χ4n) is 3.55. The van der Waals surface area contributed by atoms with E-state index in [1.165, 1.54) is 36.2 Å². The Labute approximate surface area is 175 Å². The van der Waals surface area contributed by atoms with E-state index in [2.05, 4.69) is 5.10 Å². The predicted molar refractivity (Wildman–Crippen MR) is 105 cm³/mol. The van der Waals surface area contributed by atoms with Gasteiger partial charge in [-0.2, -0.15) is 18.3 Å². The van der Waals surface area contributed by atoms with Crippen molar-refractivity contribution in [2.24, 2.45) is 5.10 Å². The van der Waals surface area contributed by atoms with Crippen LogP contribution in [0.1, 0.15) is 30.5 Å². The molecule has 2 heterocycles. The van der Waals surface area contributed by atoms with E-state index in [1.54, 1.807) is 11.4 Å². The molecule has 2 amide bonds. The molecule has 2 aromatic carbocycles. The van der Waals surface area contributed by atoms with Crippen molar-refractivity contribution in [3.05, 3.63) is 53.1 Å². The van der Waals surface area contributed by atoms with E-state index in [0.717, 1.165) is 11.1 Å². The summed E-state index contributed by atoms with van der Waals surface area (Å²) in [6, 6.07) is 9.18. The zero-order valence-electron chi connectivity index (χ0n) is 16.6. The molecule has 1 unspecified atom stereocenters. The molecule has 0 radical (unpaired) electrons. The first kappa shape index (κ1) is 20.7. The number of halogens is 3. The fraction of sp³-hybridized carbons (Fsp3) is 0.286. The van der Waals surface area contributed by atoms with E-state index in [1.807, 2.05) is 13.0 Å². The predicted octanol–water partition coefficient (Wildman–Crippen LogP) is 3.46. The van der Waals surface area contributed by atoms with Gasteiger partial charge in [0.15, 0.2) is 11.5 Å². The lowest BCUT2D eigenvalue weighted by Gasteiger charge is -2.21. The Kier molecular flexibility index (Phi) is 5.08. The van der Waals surface area contributed by atoms with Gasteiger partial charge >= 0.3 is 12.1 Å². The summed E-state index contributed by atoms with van der Waals surface area (Å²) in [6.45, 7) is 3.39. The summed E-state index contributed by atoms with van der Waals surface area (Å²) in [5.74, 6) is -1.15. The van der Waals surface area contributed by atoms with Crippen molar-refractivity contribution < 1.29 is 32.2 Å². The average Bonchev–Trinajstić information content (AvgIpc) is 3.09. The van der Waals surface area contributed by atoms with E-state index < -0.39 is 12.1 Å². The highest BCUT2D eigenvalue weighted by atomic mass is 19.4. The molecule has 0 bridgehead atoms. The van der Waals surface area contributed by atoms with Gasteiger partial charge in [-0.1, -0.05) is 12.1 Å². The van der Waals surface area contributed by atoms with Gasteiger partial charge in [0.25, 0.3) is 0 Å². The summed E-state index contributed by atoms with van der Waals surface area (Å²) < 4.78 is 48.4. The number of nitrogens with one attached hydrogen (secondary N) is 1. The van der Waals surface area contributed by atoms with Crippen LogP contribution in [-0.4, -0.2) is 41.5 Å². The number of fused-ring (bicyclic) bond motifs is 2. The van der Waals surface area contributed by atoms with Crippen LogP contribution >= 0.6 is 0 Å². The van der Waals surface area contributed by atoms with Crippen molar-refractivity contribution in [1.29, 1.82) is 0 Å². The largest absolute Gasteiger partial charge is 0.471 e. The summed E-state index contributed by atoms with van der Waals surface area (Å²) in [6.07, 6.45) is -4.46. The van der Waals surface area contributed by atoms with Crippen molar-refractivity contribution >= 4 is 23.2 Å². The second kappa shape index (κ2) is 7.60. The van der Waals surface area contributed by atoms with Gasteiger partial charge in [0.05, 0.1) is 11.8 Å². The number of hydrogen-bond acceptors (Lipinski definition) is 5. The number of nitrogens with zero attached hydrogens (tertiary/aromatic N) is 2. The molecule has 1 atom stereocenters. The maximum atomic E-state index is 12.5. The number of anilines is 1. The Hall–Kier alpha value is -3.56. The molecule has 7 nitrogen and oxygen atoms in total.